The zero-order valence-corrected chi connectivity index (χ0v) is 18.3. The molecule has 3 aromatic rings. The van der Waals surface area contributed by atoms with Crippen LogP contribution in [-0.4, -0.2) is 40.3 Å². The first-order valence-electron chi connectivity index (χ1n) is 10.1. The zero-order valence-electron chi connectivity index (χ0n) is 17.5. The Balaban J connectivity index is 1.60. The van der Waals surface area contributed by atoms with Crippen molar-refractivity contribution < 1.29 is 8.42 Å². The molecule has 0 unspecified atom stereocenters. The number of imidazole rings is 1. The van der Waals surface area contributed by atoms with Crippen LogP contribution in [0.3, 0.4) is 0 Å². The molecule has 0 bridgehead atoms. The highest BCUT2D eigenvalue weighted by atomic mass is 32.2. The van der Waals surface area contributed by atoms with Gasteiger partial charge in [0.05, 0.1) is 4.90 Å². The Kier molecular flexibility index (Phi) is 4.99. The van der Waals surface area contributed by atoms with Crippen LogP contribution in [0, 0.1) is 0 Å². The highest BCUT2D eigenvalue weighted by Crippen LogP contribution is 2.33. The van der Waals surface area contributed by atoms with Crippen molar-refractivity contribution >= 4 is 21.2 Å². The molecule has 1 aliphatic heterocycles. The van der Waals surface area contributed by atoms with Gasteiger partial charge in [0, 0.05) is 31.7 Å². The van der Waals surface area contributed by atoms with Gasteiger partial charge in [-0.15, -0.1) is 0 Å². The van der Waals surface area contributed by atoms with Gasteiger partial charge in [-0.1, -0.05) is 32.9 Å². The van der Waals surface area contributed by atoms with Crippen molar-refractivity contribution in [2.45, 2.75) is 56.9 Å². The van der Waals surface area contributed by atoms with E-state index < -0.39 is 10.0 Å². The zero-order chi connectivity index (χ0) is 20.8. The maximum atomic E-state index is 13.2. The first-order chi connectivity index (χ1) is 13.7. The summed E-state index contributed by atoms with van der Waals surface area (Å²) in [7, 11) is -3.51. The molecule has 0 spiro atoms. The van der Waals surface area contributed by atoms with Crippen molar-refractivity contribution in [3.05, 3.63) is 54.0 Å². The third-order valence-electron chi connectivity index (χ3n) is 5.72. The third-order valence-corrected chi connectivity index (χ3v) is 7.60. The lowest BCUT2D eigenvalue weighted by Gasteiger charge is -2.20. The lowest BCUT2D eigenvalue weighted by atomic mass is 9.87. The van der Waals surface area contributed by atoms with Crippen LogP contribution in [0.15, 0.2) is 47.5 Å². The number of sulfonamides is 1. The van der Waals surface area contributed by atoms with E-state index in [0.29, 0.717) is 18.0 Å². The summed E-state index contributed by atoms with van der Waals surface area (Å²) in [5.74, 6) is 1.01. The van der Waals surface area contributed by atoms with E-state index in [-0.39, 0.29) is 11.3 Å². The molecule has 6 nitrogen and oxygen atoms in total. The number of hydrogen-bond donors (Lipinski definition) is 0. The summed E-state index contributed by atoms with van der Waals surface area (Å²) in [5, 5.41) is 0. The first kappa shape index (κ1) is 20.0. The topological polar surface area (TPSA) is 68.1 Å². The van der Waals surface area contributed by atoms with E-state index in [1.807, 2.05) is 24.3 Å². The maximum Gasteiger partial charge on any atom is 0.243 e. The predicted molar refractivity (Wildman–Crippen MR) is 114 cm³/mol. The molecule has 1 aliphatic rings. The van der Waals surface area contributed by atoms with Crippen LogP contribution in [0.25, 0.3) is 11.2 Å². The first-order valence-corrected chi connectivity index (χ1v) is 11.6. The number of hydrogen-bond acceptors (Lipinski definition) is 4. The fourth-order valence-corrected chi connectivity index (χ4v) is 5.53. The monoisotopic (exact) mass is 412 g/mol. The molecule has 1 aromatic carbocycles. The minimum absolute atomic E-state index is 0.00565. The summed E-state index contributed by atoms with van der Waals surface area (Å²) in [6.07, 6.45) is 2.54. The van der Waals surface area contributed by atoms with Gasteiger partial charge in [-0.25, -0.2) is 18.4 Å². The normalized spacial score (nSPS) is 18.6. The lowest BCUT2D eigenvalue weighted by molar-refractivity contribution is 0.469. The minimum atomic E-state index is -3.51. The van der Waals surface area contributed by atoms with Crippen molar-refractivity contribution in [1.29, 1.82) is 0 Å². The van der Waals surface area contributed by atoms with Crippen molar-refractivity contribution in [3.8, 4) is 0 Å². The summed E-state index contributed by atoms with van der Waals surface area (Å²) in [6, 6.07) is 11.1. The maximum absolute atomic E-state index is 13.2. The van der Waals surface area contributed by atoms with Crippen LogP contribution in [0.1, 0.15) is 51.4 Å². The standard InChI is InChI=1S/C22H28N4O2S/c1-5-26-20(24-19-7-6-13-23-21(19)26)16-12-14-25(15-16)29(27,28)18-10-8-17(9-11-18)22(2,3)4/h6-11,13,16H,5,12,14-15H2,1-4H3/t16-/m0/s1. The van der Waals surface area contributed by atoms with Gasteiger partial charge in [0.15, 0.2) is 5.65 Å². The Hall–Kier alpha value is -2.25. The molecule has 1 fully saturated rings. The average molecular weight is 413 g/mol. The molecular weight excluding hydrogens is 384 g/mol. The van der Waals surface area contributed by atoms with E-state index in [1.54, 1.807) is 22.6 Å². The summed E-state index contributed by atoms with van der Waals surface area (Å²) in [6.45, 7) is 10.2. The van der Waals surface area contributed by atoms with E-state index in [1.165, 1.54) is 0 Å². The SMILES string of the molecule is CCn1c([C@H]2CCN(S(=O)(=O)c3ccc(C(C)(C)C)cc3)C2)nc2cccnc21. The molecule has 0 radical (unpaired) electrons. The molecule has 0 aliphatic carbocycles. The van der Waals surface area contributed by atoms with Gasteiger partial charge in [-0.3, -0.25) is 0 Å². The largest absolute Gasteiger partial charge is 0.313 e. The van der Waals surface area contributed by atoms with Crippen LogP contribution < -0.4 is 0 Å². The van der Waals surface area contributed by atoms with Crippen LogP contribution in [0.2, 0.25) is 0 Å². The van der Waals surface area contributed by atoms with Gasteiger partial charge in [-0.05, 0) is 48.6 Å². The molecule has 154 valence electrons. The molecule has 0 amide bonds. The van der Waals surface area contributed by atoms with Gasteiger partial charge in [0.25, 0.3) is 0 Å². The predicted octanol–water partition coefficient (Wildman–Crippen LogP) is 3.93. The minimum Gasteiger partial charge on any atom is -0.313 e. The van der Waals surface area contributed by atoms with Crippen molar-refractivity contribution in [1.82, 2.24) is 18.8 Å². The molecule has 0 saturated carbocycles. The lowest BCUT2D eigenvalue weighted by Crippen LogP contribution is -2.29. The van der Waals surface area contributed by atoms with Crippen LogP contribution >= 0.6 is 0 Å². The van der Waals surface area contributed by atoms with E-state index >= 15 is 0 Å². The average Bonchev–Trinajstić information content (AvgIpc) is 3.32. The highest BCUT2D eigenvalue weighted by molar-refractivity contribution is 7.89. The number of benzene rings is 1. The second-order valence-electron chi connectivity index (χ2n) is 8.68. The fraction of sp³-hybridized carbons (Fsp3) is 0.455. The van der Waals surface area contributed by atoms with Gasteiger partial charge in [0.2, 0.25) is 10.0 Å². The quantitative estimate of drug-likeness (QED) is 0.651. The summed E-state index contributed by atoms with van der Waals surface area (Å²) >= 11 is 0. The van der Waals surface area contributed by atoms with E-state index in [2.05, 4.69) is 37.2 Å². The van der Waals surface area contributed by atoms with Crippen molar-refractivity contribution in [3.63, 3.8) is 0 Å². The van der Waals surface area contributed by atoms with E-state index in [4.69, 9.17) is 4.98 Å². The Labute approximate surface area is 172 Å². The molecule has 1 atom stereocenters. The fourth-order valence-electron chi connectivity index (χ4n) is 4.03. The summed E-state index contributed by atoms with van der Waals surface area (Å²) < 4.78 is 30.1. The molecule has 29 heavy (non-hydrogen) atoms. The molecule has 3 heterocycles. The third kappa shape index (κ3) is 3.57. The van der Waals surface area contributed by atoms with Crippen molar-refractivity contribution in [2.24, 2.45) is 0 Å². The van der Waals surface area contributed by atoms with Gasteiger partial charge >= 0.3 is 0 Å². The summed E-state index contributed by atoms with van der Waals surface area (Å²) in [5.41, 5.74) is 2.85. The summed E-state index contributed by atoms with van der Waals surface area (Å²) in [4.78, 5) is 9.59. The molecular formula is C22H28N4O2S. The van der Waals surface area contributed by atoms with Crippen LogP contribution in [0.4, 0.5) is 0 Å². The number of rotatable bonds is 4. The van der Waals surface area contributed by atoms with Gasteiger partial charge in [-0.2, -0.15) is 4.31 Å². The molecule has 1 saturated heterocycles. The number of aromatic nitrogens is 3. The Morgan fingerprint density at radius 2 is 1.86 bits per heavy atom. The van der Waals surface area contributed by atoms with E-state index in [0.717, 1.165) is 35.5 Å². The Bertz CT molecular complexity index is 1130. The second-order valence-corrected chi connectivity index (χ2v) is 10.6. The molecule has 7 heteroatoms. The number of fused-ring (bicyclic) bond motifs is 1. The number of aryl methyl sites for hydroxylation is 1. The van der Waals surface area contributed by atoms with Crippen molar-refractivity contribution in [2.75, 3.05) is 13.1 Å². The van der Waals surface area contributed by atoms with Gasteiger partial charge in [0.1, 0.15) is 11.3 Å². The molecule has 2 aromatic heterocycles. The van der Waals surface area contributed by atoms with Crippen LogP contribution in [-0.2, 0) is 22.0 Å². The Morgan fingerprint density at radius 1 is 1.14 bits per heavy atom. The Morgan fingerprint density at radius 3 is 2.52 bits per heavy atom. The van der Waals surface area contributed by atoms with E-state index in [9.17, 15) is 8.42 Å². The number of pyridine rings is 1. The second kappa shape index (κ2) is 7.22. The van der Waals surface area contributed by atoms with Crippen LogP contribution in [0.5, 0.6) is 0 Å². The molecule has 0 N–H and O–H groups in total. The highest BCUT2D eigenvalue weighted by Gasteiger charge is 2.35. The molecule has 4 rings (SSSR count). The van der Waals surface area contributed by atoms with Gasteiger partial charge < -0.3 is 4.57 Å². The number of nitrogens with zero attached hydrogens (tertiary/aromatic N) is 4. The smallest absolute Gasteiger partial charge is 0.243 e.